The maximum Gasteiger partial charge on any atom is 0.237 e. The molecule has 0 saturated heterocycles. The Labute approximate surface area is 99.8 Å². The van der Waals surface area contributed by atoms with Gasteiger partial charge < -0.3 is 21.1 Å². The van der Waals surface area contributed by atoms with Crippen LogP contribution >= 0.6 is 0 Å². The Morgan fingerprint density at radius 3 is 2.65 bits per heavy atom. The van der Waals surface area contributed by atoms with Gasteiger partial charge >= 0.3 is 0 Å². The van der Waals surface area contributed by atoms with Crippen LogP contribution in [-0.2, 0) is 4.79 Å². The molecule has 0 spiro atoms. The van der Waals surface area contributed by atoms with Crippen LogP contribution in [0.25, 0.3) is 0 Å². The van der Waals surface area contributed by atoms with Gasteiger partial charge in [-0.2, -0.15) is 9.97 Å². The van der Waals surface area contributed by atoms with Crippen molar-refractivity contribution in [3.8, 4) is 5.88 Å². The number of primary amides is 1. The third kappa shape index (κ3) is 3.47. The molecule has 7 heteroatoms. The maximum atomic E-state index is 11.0. The molecule has 0 saturated carbocycles. The largest absolute Gasteiger partial charge is 0.481 e. The molecule has 0 radical (unpaired) electrons. The van der Waals surface area contributed by atoms with E-state index in [-0.39, 0.29) is 18.5 Å². The molecule has 7 nitrogen and oxygen atoms in total. The van der Waals surface area contributed by atoms with Crippen LogP contribution in [0.4, 0.5) is 11.8 Å². The minimum atomic E-state index is -0.435. The van der Waals surface area contributed by atoms with Crippen LogP contribution < -0.4 is 21.1 Å². The molecule has 0 bridgehead atoms. The Balaban J connectivity index is 3.08. The summed E-state index contributed by atoms with van der Waals surface area (Å²) in [7, 11) is 1.49. The molecular weight excluding hydrogens is 222 g/mol. The molecule has 1 heterocycles. The van der Waals surface area contributed by atoms with Crippen LogP contribution in [0, 0.1) is 0 Å². The number of hydrogen-bond acceptors (Lipinski definition) is 6. The van der Waals surface area contributed by atoms with Crippen LogP contribution in [0.3, 0.4) is 0 Å². The standard InChI is InChI=1S/C10H17N5O2/c1-6(2)15(5-7(11)16)8-4-9(17-3)14-10(12)13-8/h4,6H,5H2,1-3H3,(H2,11,16)(H2,12,13,14). The Morgan fingerprint density at radius 2 is 2.18 bits per heavy atom. The van der Waals surface area contributed by atoms with Gasteiger partial charge in [-0.1, -0.05) is 0 Å². The number of nitrogens with zero attached hydrogens (tertiary/aromatic N) is 3. The number of hydrogen-bond donors (Lipinski definition) is 2. The van der Waals surface area contributed by atoms with E-state index in [1.165, 1.54) is 7.11 Å². The van der Waals surface area contributed by atoms with Crippen molar-refractivity contribution < 1.29 is 9.53 Å². The summed E-state index contributed by atoms with van der Waals surface area (Å²) >= 11 is 0. The molecular formula is C10H17N5O2. The Kier molecular flexibility index (Phi) is 4.08. The topological polar surface area (TPSA) is 107 Å². The number of ether oxygens (including phenoxy) is 1. The molecule has 1 aromatic heterocycles. The lowest BCUT2D eigenvalue weighted by Gasteiger charge is -2.26. The summed E-state index contributed by atoms with van der Waals surface area (Å²) in [6.07, 6.45) is 0. The van der Waals surface area contributed by atoms with E-state index in [0.717, 1.165) is 0 Å². The second-order valence-electron chi connectivity index (χ2n) is 3.81. The van der Waals surface area contributed by atoms with E-state index in [2.05, 4.69) is 9.97 Å². The average Bonchev–Trinajstić information content (AvgIpc) is 2.24. The second-order valence-corrected chi connectivity index (χ2v) is 3.81. The van der Waals surface area contributed by atoms with E-state index >= 15 is 0 Å². The van der Waals surface area contributed by atoms with Gasteiger partial charge in [0.1, 0.15) is 5.82 Å². The number of anilines is 2. The Bertz CT molecular complexity index is 408. The number of nitrogen functional groups attached to an aromatic ring is 1. The number of nitrogens with two attached hydrogens (primary N) is 2. The highest BCUT2D eigenvalue weighted by Crippen LogP contribution is 2.19. The minimum absolute atomic E-state index is 0.0570. The zero-order valence-corrected chi connectivity index (χ0v) is 10.2. The number of amides is 1. The van der Waals surface area contributed by atoms with Gasteiger partial charge in [0, 0.05) is 12.1 Å². The molecule has 0 aliphatic heterocycles. The zero-order valence-electron chi connectivity index (χ0n) is 10.2. The van der Waals surface area contributed by atoms with Crippen molar-refractivity contribution in [2.45, 2.75) is 19.9 Å². The van der Waals surface area contributed by atoms with Crippen molar-refractivity contribution in [2.24, 2.45) is 5.73 Å². The molecule has 0 aliphatic carbocycles. The first-order valence-electron chi connectivity index (χ1n) is 5.17. The molecule has 0 fully saturated rings. The highest BCUT2D eigenvalue weighted by Gasteiger charge is 2.16. The molecule has 17 heavy (non-hydrogen) atoms. The fourth-order valence-electron chi connectivity index (χ4n) is 1.38. The van der Waals surface area contributed by atoms with Crippen molar-refractivity contribution >= 4 is 17.7 Å². The fourth-order valence-corrected chi connectivity index (χ4v) is 1.38. The maximum absolute atomic E-state index is 11.0. The van der Waals surface area contributed by atoms with E-state index in [1.54, 1.807) is 11.0 Å². The fraction of sp³-hybridized carbons (Fsp3) is 0.500. The minimum Gasteiger partial charge on any atom is -0.481 e. The molecule has 0 aromatic carbocycles. The lowest BCUT2D eigenvalue weighted by Crippen LogP contribution is -2.39. The third-order valence-corrected chi connectivity index (χ3v) is 2.16. The highest BCUT2D eigenvalue weighted by molar-refractivity contribution is 5.79. The predicted molar refractivity (Wildman–Crippen MR) is 64.7 cm³/mol. The number of methoxy groups -OCH3 is 1. The van der Waals surface area contributed by atoms with Gasteiger partial charge in [-0.25, -0.2) is 0 Å². The van der Waals surface area contributed by atoms with Crippen LogP contribution in [0.2, 0.25) is 0 Å². The average molecular weight is 239 g/mol. The van der Waals surface area contributed by atoms with Gasteiger partial charge in [0.15, 0.2) is 0 Å². The monoisotopic (exact) mass is 239 g/mol. The summed E-state index contributed by atoms with van der Waals surface area (Å²) in [5, 5.41) is 0. The van der Waals surface area contributed by atoms with Gasteiger partial charge in [0.05, 0.1) is 13.7 Å². The van der Waals surface area contributed by atoms with Crippen molar-refractivity contribution in [1.29, 1.82) is 0 Å². The SMILES string of the molecule is COc1cc(N(CC(N)=O)C(C)C)nc(N)n1. The van der Waals surface area contributed by atoms with E-state index in [4.69, 9.17) is 16.2 Å². The van der Waals surface area contributed by atoms with Gasteiger partial charge in [-0.05, 0) is 13.8 Å². The lowest BCUT2D eigenvalue weighted by atomic mass is 10.3. The molecule has 4 N–H and O–H groups in total. The zero-order chi connectivity index (χ0) is 13.0. The summed E-state index contributed by atoms with van der Waals surface area (Å²) < 4.78 is 5.00. The summed E-state index contributed by atoms with van der Waals surface area (Å²) in [5.41, 5.74) is 10.7. The normalized spacial score (nSPS) is 10.4. The van der Waals surface area contributed by atoms with Crippen molar-refractivity contribution in [1.82, 2.24) is 9.97 Å². The summed E-state index contributed by atoms with van der Waals surface area (Å²) in [6.45, 7) is 3.92. The molecule has 0 aliphatic rings. The molecule has 0 unspecified atom stereocenters. The molecule has 94 valence electrons. The number of carbonyl (C=O) groups excluding carboxylic acids is 1. The van der Waals surface area contributed by atoms with Gasteiger partial charge in [0.25, 0.3) is 0 Å². The van der Waals surface area contributed by atoms with Crippen molar-refractivity contribution in [3.05, 3.63) is 6.07 Å². The number of carbonyl (C=O) groups is 1. The van der Waals surface area contributed by atoms with Crippen molar-refractivity contribution in [3.63, 3.8) is 0 Å². The first-order chi connectivity index (χ1) is 7.93. The van der Waals surface area contributed by atoms with E-state index in [1.807, 2.05) is 13.8 Å². The lowest BCUT2D eigenvalue weighted by molar-refractivity contribution is -0.116. The smallest absolute Gasteiger partial charge is 0.237 e. The van der Waals surface area contributed by atoms with Crippen LogP contribution in [0.5, 0.6) is 5.88 Å². The Hall–Kier alpha value is -2.05. The molecule has 1 aromatic rings. The first kappa shape index (κ1) is 13.0. The van der Waals surface area contributed by atoms with Crippen molar-refractivity contribution in [2.75, 3.05) is 24.3 Å². The van der Waals surface area contributed by atoms with Gasteiger partial charge in [-0.3, -0.25) is 4.79 Å². The number of aromatic nitrogens is 2. The summed E-state index contributed by atoms with van der Waals surface area (Å²) in [5.74, 6) is 0.523. The van der Waals surface area contributed by atoms with Gasteiger partial charge in [0.2, 0.25) is 17.7 Å². The predicted octanol–water partition coefficient (Wildman–Crippen LogP) is -0.232. The first-order valence-corrected chi connectivity index (χ1v) is 5.17. The summed E-state index contributed by atoms with van der Waals surface area (Å²) in [6, 6.07) is 1.67. The molecule has 1 rings (SSSR count). The highest BCUT2D eigenvalue weighted by atomic mass is 16.5. The quantitative estimate of drug-likeness (QED) is 0.734. The van der Waals surface area contributed by atoms with Crippen LogP contribution in [-0.4, -0.2) is 35.6 Å². The molecule has 0 atom stereocenters. The van der Waals surface area contributed by atoms with E-state index in [9.17, 15) is 4.79 Å². The van der Waals surface area contributed by atoms with E-state index < -0.39 is 5.91 Å². The number of rotatable bonds is 5. The second kappa shape index (κ2) is 5.33. The van der Waals surface area contributed by atoms with Gasteiger partial charge in [-0.15, -0.1) is 0 Å². The summed E-state index contributed by atoms with van der Waals surface area (Å²) in [4.78, 5) is 20.7. The van der Waals surface area contributed by atoms with Crippen LogP contribution in [0.1, 0.15) is 13.8 Å². The Morgan fingerprint density at radius 1 is 1.53 bits per heavy atom. The van der Waals surface area contributed by atoms with E-state index in [0.29, 0.717) is 11.7 Å². The third-order valence-electron chi connectivity index (χ3n) is 2.16. The molecule has 1 amide bonds. The van der Waals surface area contributed by atoms with Crippen LogP contribution in [0.15, 0.2) is 6.07 Å².